The van der Waals surface area contributed by atoms with Crippen LogP contribution in [-0.4, -0.2) is 26.3 Å². The molecule has 1 amide bonds. The van der Waals surface area contributed by atoms with Crippen molar-refractivity contribution in [2.75, 3.05) is 0 Å². The van der Waals surface area contributed by atoms with E-state index in [0.717, 1.165) is 22.7 Å². The van der Waals surface area contributed by atoms with Crippen molar-refractivity contribution in [3.8, 4) is 0 Å². The van der Waals surface area contributed by atoms with Crippen molar-refractivity contribution in [2.24, 2.45) is 7.05 Å². The number of fused-ring (bicyclic) bond motifs is 3. The second-order valence-electron chi connectivity index (χ2n) is 6.48. The van der Waals surface area contributed by atoms with Crippen LogP contribution in [0, 0.1) is 0 Å². The van der Waals surface area contributed by atoms with Crippen LogP contribution in [0.5, 0.6) is 0 Å². The van der Waals surface area contributed by atoms with E-state index in [1.165, 1.54) is 4.68 Å². The fourth-order valence-corrected chi connectivity index (χ4v) is 3.12. The Hall–Kier alpha value is -2.63. The minimum atomic E-state index is -0.113. The van der Waals surface area contributed by atoms with Crippen LogP contribution in [0.2, 0.25) is 0 Å². The van der Waals surface area contributed by atoms with Crippen molar-refractivity contribution < 1.29 is 4.79 Å². The number of hydrogen-bond acceptors (Lipinski definition) is 3. The molecule has 1 N–H and O–H groups in total. The molecule has 0 aliphatic carbocycles. The van der Waals surface area contributed by atoms with Gasteiger partial charge in [0.2, 0.25) is 5.91 Å². The van der Waals surface area contributed by atoms with E-state index < -0.39 is 0 Å². The molecule has 2 aromatic heterocycles. The van der Waals surface area contributed by atoms with Crippen LogP contribution < -0.4 is 10.9 Å². The van der Waals surface area contributed by atoms with Gasteiger partial charge < -0.3 is 9.88 Å². The van der Waals surface area contributed by atoms with Gasteiger partial charge in [0, 0.05) is 42.3 Å². The molecule has 0 saturated heterocycles. The zero-order valence-corrected chi connectivity index (χ0v) is 15.0. The van der Waals surface area contributed by atoms with Crippen LogP contribution in [0.3, 0.4) is 0 Å². The summed E-state index contributed by atoms with van der Waals surface area (Å²) >= 11 is 0. The lowest BCUT2D eigenvalue weighted by Gasteiger charge is -2.12. The third-order valence-corrected chi connectivity index (χ3v) is 4.67. The molecule has 1 unspecified atom stereocenters. The molecule has 3 aromatic rings. The molecule has 0 fully saturated rings. The van der Waals surface area contributed by atoms with E-state index in [-0.39, 0.29) is 17.5 Å². The Morgan fingerprint density at radius 1 is 1.28 bits per heavy atom. The van der Waals surface area contributed by atoms with E-state index in [1.54, 1.807) is 13.2 Å². The van der Waals surface area contributed by atoms with E-state index in [9.17, 15) is 9.59 Å². The van der Waals surface area contributed by atoms with Gasteiger partial charge in [0.15, 0.2) is 0 Å². The molecule has 3 rings (SSSR count). The third kappa shape index (κ3) is 3.29. The smallest absolute Gasteiger partial charge is 0.291 e. The van der Waals surface area contributed by atoms with E-state index in [4.69, 9.17) is 0 Å². The Labute approximate surface area is 146 Å². The Kier molecular flexibility index (Phi) is 4.88. The minimum absolute atomic E-state index is 0.0599. The quantitative estimate of drug-likeness (QED) is 0.750. The zero-order valence-electron chi connectivity index (χ0n) is 15.0. The molecule has 6 nitrogen and oxygen atoms in total. The number of rotatable bonds is 6. The summed E-state index contributed by atoms with van der Waals surface area (Å²) in [4.78, 5) is 24.6. The maximum absolute atomic E-state index is 12.6. The normalized spacial score (nSPS) is 12.6. The number of hydrogen-bond donors (Lipinski definition) is 1. The number of nitrogens with zero attached hydrogens (tertiary/aromatic N) is 3. The lowest BCUT2D eigenvalue weighted by molar-refractivity contribution is -0.121. The van der Waals surface area contributed by atoms with E-state index in [1.807, 2.05) is 42.7 Å². The molecule has 0 aliphatic rings. The highest BCUT2D eigenvalue weighted by atomic mass is 16.1. The number of carbonyl (C=O) groups is 1. The predicted molar refractivity (Wildman–Crippen MR) is 99.6 cm³/mol. The monoisotopic (exact) mass is 340 g/mol. The van der Waals surface area contributed by atoms with E-state index in [0.29, 0.717) is 24.9 Å². The molecule has 0 aliphatic heterocycles. The first kappa shape index (κ1) is 17.2. The number of aromatic nitrogens is 3. The number of nitrogens with one attached hydrogen (secondary N) is 1. The summed E-state index contributed by atoms with van der Waals surface area (Å²) < 4.78 is 3.37. The average Bonchev–Trinajstić information content (AvgIpc) is 2.93. The highest BCUT2D eigenvalue weighted by Gasteiger charge is 2.15. The molecule has 1 aromatic carbocycles. The zero-order chi connectivity index (χ0) is 18.0. The predicted octanol–water partition coefficient (Wildman–Crippen LogP) is 2.58. The van der Waals surface area contributed by atoms with Gasteiger partial charge in [-0.2, -0.15) is 5.10 Å². The molecule has 0 bridgehead atoms. The van der Waals surface area contributed by atoms with Gasteiger partial charge in [-0.25, -0.2) is 4.68 Å². The van der Waals surface area contributed by atoms with Crippen molar-refractivity contribution in [1.82, 2.24) is 19.7 Å². The SMILES string of the molecule is CCC(C)NC(=O)CCCn1c2ccccc2c2cnn(C)c(=O)c21. The summed E-state index contributed by atoms with van der Waals surface area (Å²) in [6.07, 6.45) is 3.79. The maximum atomic E-state index is 12.6. The molecule has 0 radical (unpaired) electrons. The number of carbonyl (C=O) groups excluding carboxylic acids is 1. The van der Waals surface area contributed by atoms with Crippen molar-refractivity contribution in [3.63, 3.8) is 0 Å². The highest BCUT2D eigenvalue weighted by Crippen LogP contribution is 2.26. The average molecular weight is 340 g/mol. The summed E-state index contributed by atoms with van der Waals surface area (Å²) in [5.41, 5.74) is 1.55. The first-order chi connectivity index (χ1) is 12.0. The Balaban J connectivity index is 1.91. The van der Waals surface area contributed by atoms with Gasteiger partial charge in [-0.3, -0.25) is 9.59 Å². The molecule has 0 saturated carbocycles. The van der Waals surface area contributed by atoms with Crippen LogP contribution in [0.1, 0.15) is 33.1 Å². The molecular weight excluding hydrogens is 316 g/mol. The number of aryl methyl sites for hydroxylation is 2. The molecule has 132 valence electrons. The lowest BCUT2D eigenvalue weighted by atomic mass is 10.2. The van der Waals surface area contributed by atoms with Crippen molar-refractivity contribution in [3.05, 3.63) is 40.8 Å². The summed E-state index contributed by atoms with van der Waals surface area (Å²) in [6, 6.07) is 8.13. The van der Waals surface area contributed by atoms with Crippen LogP contribution in [0.15, 0.2) is 35.3 Å². The van der Waals surface area contributed by atoms with Gasteiger partial charge in [0.25, 0.3) is 5.56 Å². The molecule has 2 heterocycles. The molecular formula is C19H24N4O2. The van der Waals surface area contributed by atoms with Crippen LogP contribution in [-0.2, 0) is 18.4 Å². The van der Waals surface area contributed by atoms with Crippen molar-refractivity contribution >= 4 is 27.7 Å². The summed E-state index contributed by atoms with van der Waals surface area (Å²) in [6.45, 7) is 4.67. The summed E-state index contributed by atoms with van der Waals surface area (Å²) in [5, 5.41) is 9.01. The molecule has 0 spiro atoms. The summed E-state index contributed by atoms with van der Waals surface area (Å²) in [7, 11) is 1.66. The third-order valence-electron chi connectivity index (χ3n) is 4.67. The summed E-state index contributed by atoms with van der Waals surface area (Å²) in [5.74, 6) is 0.0599. The fourth-order valence-electron chi connectivity index (χ4n) is 3.12. The van der Waals surface area contributed by atoms with Gasteiger partial charge in [-0.15, -0.1) is 0 Å². The number of benzene rings is 1. The van der Waals surface area contributed by atoms with Crippen molar-refractivity contribution in [2.45, 2.75) is 45.7 Å². The minimum Gasteiger partial charge on any atom is -0.354 e. The van der Waals surface area contributed by atoms with Crippen LogP contribution in [0.25, 0.3) is 21.8 Å². The maximum Gasteiger partial charge on any atom is 0.291 e. The van der Waals surface area contributed by atoms with E-state index >= 15 is 0 Å². The first-order valence-electron chi connectivity index (χ1n) is 8.75. The van der Waals surface area contributed by atoms with Crippen LogP contribution >= 0.6 is 0 Å². The van der Waals surface area contributed by atoms with Crippen LogP contribution in [0.4, 0.5) is 0 Å². The van der Waals surface area contributed by atoms with Gasteiger partial charge in [0.1, 0.15) is 5.52 Å². The topological polar surface area (TPSA) is 68.9 Å². The molecule has 25 heavy (non-hydrogen) atoms. The molecule has 1 atom stereocenters. The van der Waals surface area contributed by atoms with Gasteiger partial charge in [-0.1, -0.05) is 25.1 Å². The number of para-hydroxylation sites is 1. The second-order valence-corrected chi connectivity index (χ2v) is 6.48. The second kappa shape index (κ2) is 7.09. The van der Waals surface area contributed by atoms with Gasteiger partial charge in [-0.05, 0) is 25.8 Å². The van der Waals surface area contributed by atoms with Gasteiger partial charge in [0.05, 0.1) is 6.20 Å². The first-order valence-corrected chi connectivity index (χ1v) is 8.75. The number of amides is 1. The molecule has 6 heteroatoms. The fraction of sp³-hybridized carbons (Fsp3) is 0.421. The van der Waals surface area contributed by atoms with E-state index in [2.05, 4.69) is 10.4 Å². The van der Waals surface area contributed by atoms with Crippen molar-refractivity contribution in [1.29, 1.82) is 0 Å². The Bertz CT molecular complexity index is 971. The standard InChI is InChI=1S/C19H24N4O2/c1-4-13(2)21-17(24)10-7-11-23-16-9-6-5-8-14(16)15-12-20-22(3)19(25)18(15)23/h5-6,8-9,12-13H,4,7,10-11H2,1-3H3,(H,21,24). The Morgan fingerprint density at radius 3 is 2.80 bits per heavy atom. The Morgan fingerprint density at radius 2 is 2.04 bits per heavy atom. The van der Waals surface area contributed by atoms with Gasteiger partial charge >= 0.3 is 0 Å². The largest absolute Gasteiger partial charge is 0.354 e. The lowest BCUT2D eigenvalue weighted by Crippen LogP contribution is -2.31. The highest BCUT2D eigenvalue weighted by molar-refractivity contribution is 6.07.